The summed E-state index contributed by atoms with van der Waals surface area (Å²) in [6, 6.07) is 8.84. The van der Waals surface area contributed by atoms with Gasteiger partial charge < -0.3 is 15.4 Å². The fraction of sp³-hybridized carbons (Fsp3) is 0.286. The highest BCUT2D eigenvalue weighted by Crippen LogP contribution is 2.15. The zero-order valence-electron chi connectivity index (χ0n) is 12.0. The molecule has 0 spiro atoms. The second-order valence-corrected chi connectivity index (χ2v) is 5.42. The summed E-state index contributed by atoms with van der Waals surface area (Å²) in [6.45, 7) is 0.615. The van der Waals surface area contributed by atoms with Gasteiger partial charge in [0.2, 0.25) is 11.0 Å². The zero-order valence-corrected chi connectivity index (χ0v) is 12.9. The summed E-state index contributed by atoms with van der Waals surface area (Å²) in [5.74, 6) is -0.430. The predicted molar refractivity (Wildman–Crippen MR) is 82.6 cm³/mol. The summed E-state index contributed by atoms with van der Waals surface area (Å²) < 4.78 is 4.93. The Balaban J connectivity index is 1.72. The first-order chi connectivity index (χ1) is 10.7. The number of carbonyl (C=O) groups excluding carboxylic acids is 2. The van der Waals surface area contributed by atoms with Crippen LogP contribution < -0.4 is 10.6 Å². The predicted octanol–water partition coefficient (Wildman–Crippen LogP) is 1.44. The molecule has 2 N–H and O–H groups in total. The fourth-order valence-electron chi connectivity index (χ4n) is 1.65. The number of methoxy groups -OCH3 is 1. The van der Waals surface area contributed by atoms with Gasteiger partial charge in [-0.1, -0.05) is 29.5 Å². The number of carbonyl (C=O) groups is 2. The number of anilines is 1. The maximum absolute atomic E-state index is 11.8. The lowest BCUT2D eigenvalue weighted by Crippen LogP contribution is -2.27. The lowest BCUT2D eigenvalue weighted by atomic mass is 10.2. The molecule has 2 amide bonds. The van der Waals surface area contributed by atoms with Gasteiger partial charge in [-0.15, -0.1) is 10.2 Å². The maximum Gasteiger partial charge on any atom is 0.251 e. The van der Waals surface area contributed by atoms with E-state index in [9.17, 15) is 9.59 Å². The lowest BCUT2D eigenvalue weighted by molar-refractivity contribution is -0.116. The molecule has 0 aliphatic rings. The molecule has 1 aromatic heterocycles. The summed E-state index contributed by atoms with van der Waals surface area (Å²) >= 11 is 1.26. The molecule has 2 rings (SSSR count). The minimum atomic E-state index is -0.228. The van der Waals surface area contributed by atoms with Crippen molar-refractivity contribution < 1.29 is 14.3 Å². The molecule has 22 heavy (non-hydrogen) atoms. The van der Waals surface area contributed by atoms with Crippen LogP contribution in [-0.2, 0) is 16.1 Å². The number of rotatable bonds is 7. The smallest absolute Gasteiger partial charge is 0.251 e. The minimum absolute atomic E-state index is 0.164. The highest BCUT2D eigenvalue weighted by Gasteiger charge is 2.09. The number of ether oxygens (including phenoxy) is 1. The summed E-state index contributed by atoms with van der Waals surface area (Å²) in [6.07, 6.45) is 0.164. The standard InChI is InChI=1S/C14H16N4O3S/c1-21-9-12-17-18-14(22-12)16-11(19)7-8-15-13(20)10-5-3-2-4-6-10/h2-6H,7-9H2,1H3,(H,15,20)(H,16,18,19). The van der Waals surface area contributed by atoms with Crippen LogP contribution in [0.5, 0.6) is 0 Å². The Labute approximate surface area is 131 Å². The normalized spacial score (nSPS) is 10.2. The van der Waals surface area contributed by atoms with Crippen molar-refractivity contribution in [2.45, 2.75) is 13.0 Å². The van der Waals surface area contributed by atoms with Crippen molar-refractivity contribution in [3.8, 4) is 0 Å². The summed E-state index contributed by atoms with van der Waals surface area (Å²) in [5.41, 5.74) is 0.566. The van der Waals surface area contributed by atoms with E-state index in [4.69, 9.17) is 4.74 Å². The van der Waals surface area contributed by atoms with Crippen molar-refractivity contribution >= 4 is 28.3 Å². The molecular formula is C14H16N4O3S. The Hall–Kier alpha value is -2.32. The van der Waals surface area contributed by atoms with Gasteiger partial charge in [0, 0.05) is 25.6 Å². The quantitative estimate of drug-likeness (QED) is 0.805. The largest absolute Gasteiger partial charge is 0.377 e. The van der Waals surface area contributed by atoms with Gasteiger partial charge in [-0.25, -0.2) is 0 Å². The molecule has 1 aromatic carbocycles. The molecule has 0 saturated carbocycles. The number of nitrogens with zero attached hydrogens (tertiary/aromatic N) is 2. The molecule has 0 aliphatic heterocycles. The number of nitrogens with one attached hydrogen (secondary N) is 2. The number of benzene rings is 1. The van der Waals surface area contributed by atoms with Crippen LogP contribution in [-0.4, -0.2) is 35.7 Å². The molecule has 7 nitrogen and oxygen atoms in total. The highest BCUT2D eigenvalue weighted by atomic mass is 32.1. The van der Waals surface area contributed by atoms with Crippen LogP contribution in [0.2, 0.25) is 0 Å². The van der Waals surface area contributed by atoms with E-state index in [-0.39, 0.29) is 24.8 Å². The third-order valence-electron chi connectivity index (χ3n) is 2.65. The van der Waals surface area contributed by atoms with Crippen LogP contribution in [0.4, 0.5) is 5.13 Å². The second kappa shape index (κ2) is 8.20. The van der Waals surface area contributed by atoms with Crippen molar-refractivity contribution in [1.29, 1.82) is 0 Å². The van der Waals surface area contributed by atoms with Crippen LogP contribution in [0.25, 0.3) is 0 Å². The first kappa shape index (κ1) is 16.1. The molecule has 2 aromatic rings. The Morgan fingerprint density at radius 3 is 2.73 bits per heavy atom. The molecular weight excluding hydrogens is 304 g/mol. The number of amides is 2. The fourth-order valence-corrected chi connectivity index (χ4v) is 2.38. The van der Waals surface area contributed by atoms with Crippen LogP contribution in [0, 0.1) is 0 Å². The van der Waals surface area contributed by atoms with Crippen molar-refractivity contribution in [3.05, 3.63) is 40.9 Å². The molecule has 8 heteroatoms. The van der Waals surface area contributed by atoms with Gasteiger partial charge in [0.15, 0.2) is 0 Å². The molecule has 0 aliphatic carbocycles. The molecule has 0 unspecified atom stereocenters. The summed E-state index contributed by atoms with van der Waals surface area (Å²) in [7, 11) is 1.56. The van der Waals surface area contributed by atoms with Crippen molar-refractivity contribution in [2.75, 3.05) is 19.0 Å². The zero-order chi connectivity index (χ0) is 15.8. The number of hydrogen-bond donors (Lipinski definition) is 2. The third kappa shape index (κ3) is 4.90. The maximum atomic E-state index is 11.8. The number of aromatic nitrogens is 2. The Bertz CT molecular complexity index is 630. The molecule has 116 valence electrons. The van der Waals surface area contributed by atoms with Crippen LogP contribution in [0.1, 0.15) is 21.8 Å². The van der Waals surface area contributed by atoms with E-state index < -0.39 is 0 Å². The molecule has 1 heterocycles. The van der Waals surface area contributed by atoms with E-state index in [0.29, 0.717) is 22.3 Å². The van der Waals surface area contributed by atoms with E-state index >= 15 is 0 Å². The molecule has 0 atom stereocenters. The average Bonchev–Trinajstić information content (AvgIpc) is 2.95. The van der Waals surface area contributed by atoms with Gasteiger partial charge in [0.05, 0.1) is 0 Å². The van der Waals surface area contributed by atoms with Crippen molar-refractivity contribution in [1.82, 2.24) is 15.5 Å². The van der Waals surface area contributed by atoms with E-state index in [1.54, 1.807) is 31.4 Å². The Kier molecular flexibility index (Phi) is 5.99. The van der Waals surface area contributed by atoms with Gasteiger partial charge in [-0.2, -0.15) is 0 Å². The third-order valence-corrected chi connectivity index (χ3v) is 3.47. The van der Waals surface area contributed by atoms with Crippen LogP contribution >= 0.6 is 11.3 Å². The topological polar surface area (TPSA) is 93.2 Å². The summed E-state index contributed by atoms with van der Waals surface area (Å²) in [4.78, 5) is 23.5. The van der Waals surface area contributed by atoms with Crippen LogP contribution in [0.3, 0.4) is 0 Å². The first-order valence-electron chi connectivity index (χ1n) is 6.63. The van der Waals surface area contributed by atoms with E-state index in [2.05, 4.69) is 20.8 Å². The Morgan fingerprint density at radius 1 is 1.23 bits per heavy atom. The van der Waals surface area contributed by atoms with Gasteiger partial charge in [-0.05, 0) is 12.1 Å². The van der Waals surface area contributed by atoms with Crippen molar-refractivity contribution in [2.24, 2.45) is 0 Å². The first-order valence-corrected chi connectivity index (χ1v) is 7.45. The molecule has 0 saturated heterocycles. The molecule has 0 bridgehead atoms. The SMILES string of the molecule is COCc1nnc(NC(=O)CCNC(=O)c2ccccc2)s1. The van der Waals surface area contributed by atoms with Gasteiger partial charge in [-0.3, -0.25) is 9.59 Å². The monoisotopic (exact) mass is 320 g/mol. The highest BCUT2D eigenvalue weighted by molar-refractivity contribution is 7.15. The van der Waals surface area contributed by atoms with E-state index in [1.165, 1.54) is 11.3 Å². The van der Waals surface area contributed by atoms with E-state index in [1.807, 2.05) is 6.07 Å². The number of hydrogen-bond acceptors (Lipinski definition) is 6. The molecule has 0 radical (unpaired) electrons. The van der Waals surface area contributed by atoms with Gasteiger partial charge in [0.1, 0.15) is 11.6 Å². The second-order valence-electron chi connectivity index (χ2n) is 4.35. The van der Waals surface area contributed by atoms with Gasteiger partial charge in [0.25, 0.3) is 5.91 Å². The van der Waals surface area contributed by atoms with Gasteiger partial charge >= 0.3 is 0 Å². The summed E-state index contributed by atoms with van der Waals surface area (Å²) in [5, 5.41) is 14.1. The average molecular weight is 320 g/mol. The Morgan fingerprint density at radius 2 is 2.00 bits per heavy atom. The van der Waals surface area contributed by atoms with Crippen molar-refractivity contribution in [3.63, 3.8) is 0 Å². The van der Waals surface area contributed by atoms with Crippen LogP contribution in [0.15, 0.2) is 30.3 Å². The minimum Gasteiger partial charge on any atom is -0.377 e. The lowest BCUT2D eigenvalue weighted by Gasteiger charge is -2.04. The van der Waals surface area contributed by atoms with E-state index in [0.717, 1.165) is 0 Å². The molecule has 0 fully saturated rings.